The number of aromatic amines is 1. The molecule has 6 heteroatoms. The van der Waals surface area contributed by atoms with Crippen LogP contribution in [0.15, 0.2) is 9.95 Å². The molecule has 0 aliphatic rings. The van der Waals surface area contributed by atoms with E-state index in [1.165, 1.54) is 0 Å². The number of aromatic nitrogens is 3. The summed E-state index contributed by atoms with van der Waals surface area (Å²) in [6, 6.07) is 0.162. The summed E-state index contributed by atoms with van der Waals surface area (Å²) < 4.78 is 1.69. The first-order chi connectivity index (χ1) is 7.16. The average Bonchev–Trinajstić information content (AvgIpc) is 2.54. The highest BCUT2D eigenvalue weighted by molar-refractivity contribution is 9.09. The minimum absolute atomic E-state index is 0.118. The van der Waals surface area contributed by atoms with Gasteiger partial charge in [-0.3, -0.25) is 4.57 Å². The van der Waals surface area contributed by atoms with Gasteiger partial charge in [-0.2, -0.15) is 0 Å². The fourth-order valence-corrected chi connectivity index (χ4v) is 2.68. The number of nitrogens with one attached hydrogen (secondary N) is 1. The predicted molar refractivity (Wildman–Crippen MR) is 67.0 cm³/mol. The predicted octanol–water partition coefficient (Wildman–Crippen LogP) is 2.42. The maximum atomic E-state index is 11.4. The van der Waals surface area contributed by atoms with Crippen molar-refractivity contribution in [2.24, 2.45) is 0 Å². The molecule has 0 aromatic carbocycles. The number of unbranched alkanes of at least 4 members (excludes halogenated alkanes) is 1. The molecule has 0 unspecified atom stereocenters. The molecule has 0 spiro atoms. The summed E-state index contributed by atoms with van der Waals surface area (Å²) in [5, 5.41) is 8.33. The van der Waals surface area contributed by atoms with Gasteiger partial charge in [0.1, 0.15) is 0 Å². The molecule has 1 N–H and O–H groups in total. The molecule has 15 heavy (non-hydrogen) atoms. The number of alkyl halides is 1. The maximum absolute atomic E-state index is 11.4. The molecule has 1 aromatic heterocycles. The van der Waals surface area contributed by atoms with Crippen LogP contribution in [0.25, 0.3) is 0 Å². The maximum Gasteiger partial charge on any atom is 0.344 e. The smallest absolute Gasteiger partial charge is 0.268 e. The molecule has 0 saturated carbocycles. The van der Waals surface area contributed by atoms with Crippen molar-refractivity contribution in [3.05, 3.63) is 10.5 Å². The molecule has 0 aliphatic carbocycles. The van der Waals surface area contributed by atoms with Gasteiger partial charge in [-0.05, 0) is 26.7 Å². The van der Waals surface area contributed by atoms with E-state index in [2.05, 4.69) is 26.1 Å². The Hall–Kier alpha value is -0.230. The minimum atomic E-state index is -0.118. The first-order valence-electron chi connectivity index (χ1n) is 5.02. The Labute approximate surface area is 102 Å². The van der Waals surface area contributed by atoms with Crippen LogP contribution in [0.5, 0.6) is 0 Å². The van der Waals surface area contributed by atoms with Gasteiger partial charge in [-0.25, -0.2) is 9.89 Å². The molecule has 0 radical (unpaired) electrons. The molecular formula is C9H16BrN3OS. The zero-order chi connectivity index (χ0) is 11.3. The van der Waals surface area contributed by atoms with Crippen molar-refractivity contribution in [1.82, 2.24) is 14.8 Å². The molecule has 0 amide bonds. The lowest BCUT2D eigenvalue weighted by atomic mass is 10.4. The summed E-state index contributed by atoms with van der Waals surface area (Å²) in [6.45, 7) is 3.97. The third-order valence-electron chi connectivity index (χ3n) is 1.95. The monoisotopic (exact) mass is 293 g/mol. The van der Waals surface area contributed by atoms with E-state index in [0.29, 0.717) is 0 Å². The van der Waals surface area contributed by atoms with Crippen molar-refractivity contribution in [2.45, 2.75) is 37.9 Å². The first-order valence-corrected chi connectivity index (χ1v) is 7.13. The Morgan fingerprint density at radius 2 is 2.27 bits per heavy atom. The van der Waals surface area contributed by atoms with Gasteiger partial charge in [-0.1, -0.05) is 27.7 Å². The zero-order valence-electron chi connectivity index (χ0n) is 8.99. The number of rotatable bonds is 6. The van der Waals surface area contributed by atoms with Gasteiger partial charge >= 0.3 is 5.69 Å². The Morgan fingerprint density at radius 3 is 2.87 bits per heavy atom. The minimum Gasteiger partial charge on any atom is -0.268 e. The normalized spacial score (nSPS) is 11.2. The van der Waals surface area contributed by atoms with E-state index in [0.717, 1.165) is 29.1 Å². The summed E-state index contributed by atoms with van der Waals surface area (Å²) >= 11 is 5.03. The SMILES string of the molecule is CC(C)n1c(SCCCCBr)n[nH]c1=O. The number of hydrogen-bond acceptors (Lipinski definition) is 3. The topological polar surface area (TPSA) is 50.7 Å². The van der Waals surface area contributed by atoms with Gasteiger partial charge in [0.2, 0.25) is 0 Å². The number of nitrogens with zero attached hydrogens (tertiary/aromatic N) is 2. The van der Waals surface area contributed by atoms with E-state index in [1.807, 2.05) is 13.8 Å². The molecular weight excluding hydrogens is 278 g/mol. The molecule has 4 nitrogen and oxygen atoms in total. The number of H-pyrrole nitrogens is 1. The highest BCUT2D eigenvalue weighted by Crippen LogP contribution is 2.18. The van der Waals surface area contributed by atoms with Crippen LogP contribution in [0.3, 0.4) is 0 Å². The van der Waals surface area contributed by atoms with E-state index in [9.17, 15) is 4.79 Å². The van der Waals surface area contributed by atoms with Crippen LogP contribution in [0.4, 0.5) is 0 Å². The quantitative estimate of drug-likeness (QED) is 0.498. The number of thioether (sulfide) groups is 1. The number of halogens is 1. The highest BCUT2D eigenvalue weighted by Gasteiger charge is 2.10. The summed E-state index contributed by atoms with van der Waals surface area (Å²) in [4.78, 5) is 11.4. The fraction of sp³-hybridized carbons (Fsp3) is 0.778. The van der Waals surface area contributed by atoms with Crippen LogP contribution in [-0.4, -0.2) is 25.8 Å². The van der Waals surface area contributed by atoms with Gasteiger partial charge in [0.25, 0.3) is 0 Å². The highest BCUT2D eigenvalue weighted by atomic mass is 79.9. The van der Waals surface area contributed by atoms with E-state index < -0.39 is 0 Å². The molecule has 1 aromatic rings. The lowest BCUT2D eigenvalue weighted by Gasteiger charge is -2.07. The van der Waals surface area contributed by atoms with Crippen molar-refractivity contribution < 1.29 is 0 Å². The second kappa shape index (κ2) is 6.37. The second-order valence-electron chi connectivity index (χ2n) is 3.52. The summed E-state index contributed by atoms with van der Waals surface area (Å²) in [7, 11) is 0. The van der Waals surface area contributed by atoms with Crippen LogP contribution in [0.1, 0.15) is 32.7 Å². The summed E-state index contributed by atoms with van der Waals surface area (Å²) in [5.41, 5.74) is -0.118. The molecule has 0 atom stereocenters. The molecule has 0 saturated heterocycles. The first kappa shape index (κ1) is 12.8. The summed E-state index contributed by atoms with van der Waals surface area (Å²) in [5.74, 6) is 1.00. The molecule has 0 fully saturated rings. The third kappa shape index (κ3) is 3.68. The Bertz CT molecular complexity index is 347. The molecule has 0 aliphatic heterocycles. The average molecular weight is 294 g/mol. The van der Waals surface area contributed by atoms with E-state index in [-0.39, 0.29) is 11.7 Å². The molecule has 1 heterocycles. The second-order valence-corrected chi connectivity index (χ2v) is 5.37. The van der Waals surface area contributed by atoms with Crippen molar-refractivity contribution in [3.63, 3.8) is 0 Å². The van der Waals surface area contributed by atoms with Crippen LogP contribution >= 0.6 is 27.7 Å². The lowest BCUT2D eigenvalue weighted by molar-refractivity contribution is 0.534. The van der Waals surface area contributed by atoms with Gasteiger partial charge in [0.15, 0.2) is 5.16 Å². The van der Waals surface area contributed by atoms with Crippen molar-refractivity contribution >= 4 is 27.7 Å². The fourth-order valence-electron chi connectivity index (χ4n) is 1.21. The molecule has 0 bridgehead atoms. The standard InChI is InChI=1S/C9H16BrN3OS/c1-7(2)13-8(14)11-12-9(13)15-6-4-3-5-10/h7H,3-6H2,1-2H3,(H,11,14). The van der Waals surface area contributed by atoms with Crippen molar-refractivity contribution in [3.8, 4) is 0 Å². The largest absolute Gasteiger partial charge is 0.344 e. The Morgan fingerprint density at radius 1 is 1.53 bits per heavy atom. The van der Waals surface area contributed by atoms with Crippen LogP contribution < -0.4 is 5.69 Å². The van der Waals surface area contributed by atoms with Gasteiger partial charge in [-0.15, -0.1) is 5.10 Å². The molecule has 1 rings (SSSR count). The molecule has 86 valence electrons. The van der Waals surface area contributed by atoms with E-state index >= 15 is 0 Å². The van der Waals surface area contributed by atoms with Crippen molar-refractivity contribution in [2.75, 3.05) is 11.1 Å². The van der Waals surface area contributed by atoms with E-state index in [1.54, 1.807) is 16.3 Å². The van der Waals surface area contributed by atoms with Crippen molar-refractivity contribution in [1.29, 1.82) is 0 Å². The Balaban J connectivity index is 2.57. The number of hydrogen-bond donors (Lipinski definition) is 1. The Kier molecular flexibility index (Phi) is 5.45. The summed E-state index contributed by atoms with van der Waals surface area (Å²) in [6.07, 6.45) is 2.29. The van der Waals surface area contributed by atoms with Gasteiger partial charge < -0.3 is 0 Å². The van der Waals surface area contributed by atoms with Gasteiger partial charge in [0.05, 0.1) is 0 Å². The van der Waals surface area contributed by atoms with Crippen LogP contribution in [-0.2, 0) is 0 Å². The van der Waals surface area contributed by atoms with Crippen LogP contribution in [0.2, 0.25) is 0 Å². The lowest BCUT2D eigenvalue weighted by Crippen LogP contribution is -2.19. The van der Waals surface area contributed by atoms with Crippen LogP contribution in [0, 0.1) is 0 Å². The van der Waals surface area contributed by atoms with E-state index in [4.69, 9.17) is 0 Å². The van der Waals surface area contributed by atoms with Gasteiger partial charge in [0, 0.05) is 17.1 Å². The third-order valence-corrected chi connectivity index (χ3v) is 3.55. The zero-order valence-corrected chi connectivity index (χ0v) is 11.4.